The SMILES string of the molecule is CC(C)OC1(C)CN(S(C)(=O)=O)C1. The van der Waals surface area contributed by atoms with Crippen molar-refractivity contribution >= 4 is 10.0 Å². The molecular formula is C8H17NO3S. The molecule has 0 bridgehead atoms. The summed E-state index contributed by atoms with van der Waals surface area (Å²) in [7, 11) is -3.02. The molecule has 0 saturated carbocycles. The van der Waals surface area contributed by atoms with Crippen LogP contribution in [-0.2, 0) is 14.8 Å². The number of ether oxygens (including phenoxy) is 1. The summed E-state index contributed by atoms with van der Waals surface area (Å²) < 4.78 is 29.1. The van der Waals surface area contributed by atoms with E-state index in [0.717, 1.165) is 0 Å². The molecule has 0 aromatic heterocycles. The molecule has 0 aromatic carbocycles. The molecule has 0 N–H and O–H groups in total. The Morgan fingerprint density at radius 3 is 2.15 bits per heavy atom. The quantitative estimate of drug-likeness (QED) is 0.675. The molecule has 0 atom stereocenters. The highest BCUT2D eigenvalue weighted by molar-refractivity contribution is 7.88. The predicted molar refractivity (Wildman–Crippen MR) is 51.0 cm³/mol. The fraction of sp³-hybridized carbons (Fsp3) is 1.00. The van der Waals surface area contributed by atoms with Gasteiger partial charge in [0.05, 0.1) is 18.0 Å². The Morgan fingerprint density at radius 2 is 1.85 bits per heavy atom. The normalized spacial score (nSPS) is 23.2. The Hall–Kier alpha value is -0.130. The molecule has 1 saturated heterocycles. The molecular weight excluding hydrogens is 190 g/mol. The summed E-state index contributed by atoms with van der Waals surface area (Å²) >= 11 is 0. The van der Waals surface area contributed by atoms with Gasteiger partial charge in [-0.3, -0.25) is 0 Å². The first-order chi connectivity index (χ1) is 5.73. The van der Waals surface area contributed by atoms with E-state index in [2.05, 4.69) is 0 Å². The molecule has 1 aliphatic heterocycles. The average molecular weight is 207 g/mol. The Balaban J connectivity index is 2.48. The summed E-state index contributed by atoms with van der Waals surface area (Å²) in [6.45, 7) is 6.80. The van der Waals surface area contributed by atoms with E-state index in [0.29, 0.717) is 13.1 Å². The van der Waals surface area contributed by atoms with E-state index >= 15 is 0 Å². The van der Waals surface area contributed by atoms with Gasteiger partial charge in [-0.25, -0.2) is 8.42 Å². The van der Waals surface area contributed by atoms with Crippen molar-refractivity contribution in [1.82, 2.24) is 4.31 Å². The predicted octanol–water partition coefficient (Wildman–Crippen LogP) is 0.445. The zero-order chi connectivity index (χ0) is 10.3. The Morgan fingerprint density at radius 1 is 1.38 bits per heavy atom. The van der Waals surface area contributed by atoms with Crippen LogP contribution < -0.4 is 0 Å². The third kappa shape index (κ3) is 2.65. The van der Waals surface area contributed by atoms with E-state index < -0.39 is 10.0 Å². The maximum Gasteiger partial charge on any atom is 0.211 e. The van der Waals surface area contributed by atoms with Crippen LogP contribution in [0.4, 0.5) is 0 Å². The van der Waals surface area contributed by atoms with Crippen molar-refractivity contribution in [3.8, 4) is 0 Å². The third-order valence-electron chi connectivity index (χ3n) is 2.01. The molecule has 0 aliphatic carbocycles. The molecule has 1 heterocycles. The van der Waals surface area contributed by atoms with Crippen LogP contribution in [0.5, 0.6) is 0 Å². The number of hydrogen-bond donors (Lipinski definition) is 0. The van der Waals surface area contributed by atoms with E-state index in [1.54, 1.807) is 0 Å². The number of rotatable bonds is 3. The molecule has 1 fully saturated rings. The molecule has 1 aliphatic rings. The van der Waals surface area contributed by atoms with Crippen LogP contribution in [0, 0.1) is 0 Å². The zero-order valence-electron chi connectivity index (χ0n) is 8.57. The molecule has 0 aromatic rings. The first kappa shape index (κ1) is 10.9. The lowest BCUT2D eigenvalue weighted by molar-refractivity contribution is -0.128. The zero-order valence-corrected chi connectivity index (χ0v) is 9.39. The van der Waals surface area contributed by atoms with Crippen LogP contribution in [0.1, 0.15) is 20.8 Å². The van der Waals surface area contributed by atoms with E-state index in [9.17, 15) is 8.42 Å². The average Bonchev–Trinajstić information content (AvgIpc) is 1.78. The van der Waals surface area contributed by atoms with Crippen LogP contribution in [0.15, 0.2) is 0 Å². The molecule has 13 heavy (non-hydrogen) atoms. The summed E-state index contributed by atoms with van der Waals surface area (Å²) in [5.74, 6) is 0. The van der Waals surface area contributed by atoms with Gasteiger partial charge in [0.15, 0.2) is 0 Å². The van der Waals surface area contributed by atoms with Gasteiger partial charge in [-0.05, 0) is 20.8 Å². The van der Waals surface area contributed by atoms with Crippen molar-refractivity contribution in [2.24, 2.45) is 0 Å². The topological polar surface area (TPSA) is 46.6 Å². The molecule has 0 amide bonds. The molecule has 5 heteroatoms. The van der Waals surface area contributed by atoms with Gasteiger partial charge < -0.3 is 4.74 Å². The van der Waals surface area contributed by atoms with Crippen molar-refractivity contribution in [3.63, 3.8) is 0 Å². The highest BCUT2D eigenvalue weighted by atomic mass is 32.2. The fourth-order valence-electron chi connectivity index (χ4n) is 1.58. The Bertz CT molecular complexity index is 278. The van der Waals surface area contributed by atoms with Crippen LogP contribution in [-0.4, -0.2) is 43.8 Å². The molecule has 78 valence electrons. The van der Waals surface area contributed by atoms with Crippen LogP contribution in [0.2, 0.25) is 0 Å². The van der Waals surface area contributed by atoms with Gasteiger partial charge >= 0.3 is 0 Å². The molecule has 1 rings (SSSR count). The maximum atomic E-state index is 11.1. The largest absolute Gasteiger partial charge is 0.370 e. The van der Waals surface area contributed by atoms with E-state index in [1.807, 2.05) is 20.8 Å². The molecule has 0 spiro atoms. The third-order valence-corrected chi connectivity index (χ3v) is 3.21. The summed E-state index contributed by atoms with van der Waals surface area (Å²) in [5.41, 5.74) is -0.281. The summed E-state index contributed by atoms with van der Waals surface area (Å²) in [5, 5.41) is 0. The highest BCUT2D eigenvalue weighted by Gasteiger charge is 2.44. The minimum absolute atomic E-state index is 0.145. The summed E-state index contributed by atoms with van der Waals surface area (Å²) in [4.78, 5) is 0. The lowest BCUT2D eigenvalue weighted by Crippen LogP contribution is -2.63. The van der Waals surface area contributed by atoms with Crippen molar-refractivity contribution in [2.45, 2.75) is 32.5 Å². The summed E-state index contributed by atoms with van der Waals surface area (Å²) in [6.07, 6.45) is 1.37. The smallest absolute Gasteiger partial charge is 0.211 e. The van der Waals surface area contributed by atoms with Gasteiger partial charge in [0.2, 0.25) is 10.0 Å². The lowest BCUT2D eigenvalue weighted by atomic mass is 10.00. The van der Waals surface area contributed by atoms with Gasteiger partial charge in [-0.15, -0.1) is 0 Å². The molecule has 0 unspecified atom stereocenters. The Kier molecular flexibility index (Phi) is 2.71. The first-order valence-electron chi connectivity index (χ1n) is 4.36. The van der Waals surface area contributed by atoms with Crippen molar-refractivity contribution in [3.05, 3.63) is 0 Å². The fourth-order valence-corrected chi connectivity index (χ4v) is 2.59. The van der Waals surface area contributed by atoms with Gasteiger partial charge in [0.25, 0.3) is 0 Å². The van der Waals surface area contributed by atoms with E-state index in [4.69, 9.17) is 4.74 Å². The monoisotopic (exact) mass is 207 g/mol. The summed E-state index contributed by atoms with van der Waals surface area (Å²) in [6, 6.07) is 0. The van der Waals surface area contributed by atoms with Gasteiger partial charge in [0.1, 0.15) is 0 Å². The van der Waals surface area contributed by atoms with Crippen molar-refractivity contribution in [2.75, 3.05) is 19.3 Å². The van der Waals surface area contributed by atoms with E-state index in [-0.39, 0.29) is 11.7 Å². The maximum absolute atomic E-state index is 11.1. The second kappa shape index (κ2) is 3.22. The number of hydrogen-bond acceptors (Lipinski definition) is 3. The number of nitrogens with zero attached hydrogens (tertiary/aromatic N) is 1. The second-order valence-electron chi connectivity index (χ2n) is 4.15. The first-order valence-corrected chi connectivity index (χ1v) is 6.21. The van der Waals surface area contributed by atoms with Gasteiger partial charge in [-0.2, -0.15) is 4.31 Å². The van der Waals surface area contributed by atoms with Crippen LogP contribution in [0.25, 0.3) is 0 Å². The molecule has 4 nitrogen and oxygen atoms in total. The van der Waals surface area contributed by atoms with Crippen LogP contribution in [0.3, 0.4) is 0 Å². The van der Waals surface area contributed by atoms with Gasteiger partial charge in [0, 0.05) is 13.1 Å². The van der Waals surface area contributed by atoms with Crippen molar-refractivity contribution < 1.29 is 13.2 Å². The Labute approximate surface area is 79.9 Å². The minimum Gasteiger partial charge on any atom is -0.370 e. The van der Waals surface area contributed by atoms with Crippen LogP contribution >= 0.6 is 0 Å². The van der Waals surface area contributed by atoms with E-state index in [1.165, 1.54) is 10.6 Å². The standard InChI is InChI=1S/C8H17NO3S/c1-7(2)12-8(3)5-9(6-8)13(4,10)11/h7H,5-6H2,1-4H3. The molecule has 0 radical (unpaired) electrons. The van der Waals surface area contributed by atoms with Gasteiger partial charge in [-0.1, -0.05) is 0 Å². The van der Waals surface area contributed by atoms with Crippen molar-refractivity contribution in [1.29, 1.82) is 0 Å². The highest BCUT2D eigenvalue weighted by Crippen LogP contribution is 2.27. The minimum atomic E-state index is -3.02. The second-order valence-corrected chi connectivity index (χ2v) is 6.13. The lowest BCUT2D eigenvalue weighted by Gasteiger charge is -2.46. The number of sulfonamides is 1.